The number of halogens is 2. The van der Waals surface area contributed by atoms with E-state index < -0.39 is 11.7 Å². The van der Waals surface area contributed by atoms with Crippen LogP contribution in [-0.4, -0.2) is 47.8 Å². The Hall–Kier alpha value is -2.40. The molecule has 0 spiro atoms. The first-order chi connectivity index (χ1) is 12.1. The molecule has 2 amide bonds. The van der Waals surface area contributed by atoms with Gasteiger partial charge in [-0.25, -0.2) is 4.39 Å². The molecule has 130 valence electrons. The average Bonchev–Trinajstić information content (AvgIpc) is 2.88. The largest absolute Gasteiger partial charge is 0.337 e. The van der Waals surface area contributed by atoms with E-state index in [9.17, 15) is 14.0 Å². The molecule has 0 unspecified atom stereocenters. The summed E-state index contributed by atoms with van der Waals surface area (Å²) in [4.78, 5) is 28.5. The minimum absolute atomic E-state index is 0.0566. The van der Waals surface area contributed by atoms with Gasteiger partial charge in [0.2, 0.25) is 0 Å². The molecular weight excluding hydrogens is 343 g/mol. The molecule has 1 heterocycles. The van der Waals surface area contributed by atoms with E-state index in [0.29, 0.717) is 38.2 Å². The Kier molecular flexibility index (Phi) is 5.34. The second-order valence-electron chi connectivity index (χ2n) is 5.90. The molecule has 2 aromatic carbocycles. The van der Waals surface area contributed by atoms with Crippen molar-refractivity contribution >= 4 is 23.4 Å². The van der Waals surface area contributed by atoms with E-state index in [-0.39, 0.29) is 16.5 Å². The number of hydrogen-bond donors (Lipinski definition) is 0. The summed E-state index contributed by atoms with van der Waals surface area (Å²) in [6.45, 7) is 1.78. The van der Waals surface area contributed by atoms with Gasteiger partial charge in [-0.1, -0.05) is 35.9 Å². The number of rotatable bonds is 2. The van der Waals surface area contributed by atoms with Crippen molar-refractivity contribution in [1.82, 2.24) is 9.80 Å². The van der Waals surface area contributed by atoms with Gasteiger partial charge in [0.1, 0.15) is 5.82 Å². The zero-order chi connectivity index (χ0) is 17.8. The summed E-state index contributed by atoms with van der Waals surface area (Å²) < 4.78 is 14.0. The Morgan fingerprint density at radius 1 is 0.840 bits per heavy atom. The number of amides is 2. The van der Waals surface area contributed by atoms with Gasteiger partial charge in [-0.15, -0.1) is 0 Å². The summed E-state index contributed by atoms with van der Waals surface area (Å²) in [5.74, 6) is -1.12. The van der Waals surface area contributed by atoms with Crippen molar-refractivity contribution in [3.8, 4) is 0 Å². The third-order valence-electron chi connectivity index (χ3n) is 4.27. The van der Waals surface area contributed by atoms with Gasteiger partial charge in [0.05, 0.1) is 10.6 Å². The highest BCUT2D eigenvalue weighted by atomic mass is 35.5. The lowest BCUT2D eigenvalue weighted by atomic mass is 10.1. The van der Waals surface area contributed by atoms with Crippen LogP contribution in [-0.2, 0) is 0 Å². The molecule has 0 saturated carbocycles. The van der Waals surface area contributed by atoms with Gasteiger partial charge >= 0.3 is 0 Å². The molecule has 0 radical (unpaired) electrons. The third kappa shape index (κ3) is 3.82. The summed E-state index contributed by atoms with van der Waals surface area (Å²) >= 11 is 5.99. The van der Waals surface area contributed by atoms with Crippen LogP contribution < -0.4 is 0 Å². The van der Waals surface area contributed by atoms with Gasteiger partial charge < -0.3 is 9.80 Å². The molecule has 1 aliphatic rings. The number of carbonyl (C=O) groups excluding carboxylic acids is 2. The molecule has 0 bridgehead atoms. The fraction of sp³-hybridized carbons (Fsp3) is 0.263. The number of nitrogens with zero attached hydrogens (tertiary/aromatic N) is 2. The Morgan fingerprint density at radius 3 is 2.12 bits per heavy atom. The van der Waals surface area contributed by atoms with Gasteiger partial charge in [0.15, 0.2) is 0 Å². The normalized spacial score (nSPS) is 15.0. The molecule has 1 saturated heterocycles. The van der Waals surface area contributed by atoms with Crippen LogP contribution in [0.3, 0.4) is 0 Å². The topological polar surface area (TPSA) is 40.6 Å². The second kappa shape index (κ2) is 7.66. The summed E-state index contributed by atoms with van der Waals surface area (Å²) in [7, 11) is 0. The standard InChI is InChI=1S/C19H18ClFN2O2/c20-15-8-4-9-16(21)17(15)19(25)23-11-5-10-22(12-13-23)18(24)14-6-2-1-3-7-14/h1-4,6-9H,5,10-13H2. The minimum Gasteiger partial charge on any atom is -0.337 e. The molecule has 0 N–H and O–H groups in total. The van der Waals surface area contributed by atoms with Gasteiger partial charge in [-0.05, 0) is 30.7 Å². The Labute approximate surface area is 150 Å². The Bertz CT molecular complexity index is 762. The van der Waals surface area contributed by atoms with Crippen molar-refractivity contribution in [2.24, 2.45) is 0 Å². The monoisotopic (exact) mass is 360 g/mol. The maximum absolute atomic E-state index is 14.0. The highest BCUT2D eigenvalue weighted by molar-refractivity contribution is 6.33. The van der Waals surface area contributed by atoms with Crippen LogP contribution in [0, 0.1) is 5.82 Å². The van der Waals surface area contributed by atoms with Crippen LogP contribution in [0.1, 0.15) is 27.1 Å². The summed E-state index contributed by atoms with van der Waals surface area (Å²) in [5, 5.41) is 0.103. The van der Waals surface area contributed by atoms with E-state index in [0.717, 1.165) is 0 Å². The molecule has 3 rings (SSSR count). The highest BCUT2D eigenvalue weighted by Gasteiger charge is 2.26. The lowest BCUT2D eigenvalue weighted by Crippen LogP contribution is -2.37. The van der Waals surface area contributed by atoms with Gasteiger partial charge in [-0.2, -0.15) is 0 Å². The lowest BCUT2D eigenvalue weighted by molar-refractivity contribution is 0.0716. The molecule has 2 aromatic rings. The third-order valence-corrected chi connectivity index (χ3v) is 4.58. The van der Waals surface area contributed by atoms with E-state index in [1.807, 2.05) is 18.2 Å². The maximum Gasteiger partial charge on any atom is 0.258 e. The van der Waals surface area contributed by atoms with Crippen LogP contribution in [0.15, 0.2) is 48.5 Å². The quantitative estimate of drug-likeness (QED) is 0.822. The predicted octanol–water partition coefficient (Wildman–Crippen LogP) is 3.47. The fourth-order valence-corrected chi connectivity index (χ4v) is 3.19. The summed E-state index contributed by atoms with van der Waals surface area (Å²) in [6, 6.07) is 13.2. The summed E-state index contributed by atoms with van der Waals surface area (Å²) in [5.41, 5.74) is 0.520. The van der Waals surface area contributed by atoms with Crippen molar-refractivity contribution < 1.29 is 14.0 Å². The van der Waals surface area contributed by atoms with Crippen molar-refractivity contribution in [2.45, 2.75) is 6.42 Å². The van der Waals surface area contributed by atoms with Crippen LogP contribution in [0.2, 0.25) is 5.02 Å². The van der Waals surface area contributed by atoms with E-state index in [2.05, 4.69) is 0 Å². The zero-order valence-corrected chi connectivity index (χ0v) is 14.4. The molecule has 0 atom stereocenters. The molecule has 4 nitrogen and oxygen atoms in total. The van der Waals surface area contributed by atoms with Gasteiger partial charge in [0, 0.05) is 31.7 Å². The van der Waals surface area contributed by atoms with Crippen LogP contribution in [0.25, 0.3) is 0 Å². The van der Waals surface area contributed by atoms with Crippen molar-refractivity contribution in [1.29, 1.82) is 0 Å². The molecule has 0 aromatic heterocycles. The zero-order valence-electron chi connectivity index (χ0n) is 13.6. The molecular formula is C19H18ClFN2O2. The Morgan fingerprint density at radius 2 is 1.48 bits per heavy atom. The van der Waals surface area contributed by atoms with E-state index in [1.54, 1.807) is 21.9 Å². The molecule has 25 heavy (non-hydrogen) atoms. The maximum atomic E-state index is 14.0. The van der Waals surface area contributed by atoms with E-state index >= 15 is 0 Å². The first-order valence-corrected chi connectivity index (χ1v) is 8.53. The summed E-state index contributed by atoms with van der Waals surface area (Å²) in [6.07, 6.45) is 0.635. The van der Waals surface area contributed by atoms with E-state index in [4.69, 9.17) is 11.6 Å². The fourth-order valence-electron chi connectivity index (χ4n) is 2.95. The SMILES string of the molecule is O=C(c1ccccc1)N1CCCN(C(=O)c2c(F)cccc2Cl)CC1. The number of carbonyl (C=O) groups is 2. The average molecular weight is 361 g/mol. The second-order valence-corrected chi connectivity index (χ2v) is 6.31. The van der Waals surface area contributed by atoms with Crippen LogP contribution >= 0.6 is 11.6 Å². The van der Waals surface area contributed by atoms with Crippen molar-refractivity contribution in [3.05, 3.63) is 70.5 Å². The van der Waals surface area contributed by atoms with Crippen molar-refractivity contribution in [2.75, 3.05) is 26.2 Å². The first kappa shape index (κ1) is 17.4. The minimum atomic E-state index is -0.626. The Balaban J connectivity index is 1.71. The predicted molar refractivity (Wildman–Crippen MR) is 94.3 cm³/mol. The highest BCUT2D eigenvalue weighted by Crippen LogP contribution is 2.21. The lowest BCUT2D eigenvalue weighted by Gasteiger charge is -2.22. The number of hydrogen-bond acceptors (Lipinski definition) is 2. The van der Waals surface area contributed by atoms with Crippen LogP contribution in [0.4, 0.5) is 4.39 Å². The smallest absolute Gasteiger partial charge is 0.258 e. The molecule has 1 aliphatic heterocycles. The van der Waals surface area contributed by atoms with Crippen LogP contribution in [0.5, 0.6) is 0 Å². The van der Waals surface area contributed by atoms with E-state index in [1.165, 1.54) is 18.2 Å². The van der Waals surface area contributed by atoms with Crippen molar-refractivity contribution in [3.63, 3.8) is 0 Å². The molecule has 1 fully saturated rings. The molecule has 6 heteroatoms. The van der Waals surface area contributed by atoms with Gasteiger partial charge in [0.25, 0.3) is 11.8 Å². The molecule has 0 aliphatic carbocycles. The number of benzene rings is 2. The van der Waals surface area contributed by atoms with Gasteiger partial charge in [-0.3, -0.25) is 9.59 Å². The first-order valence-electron chi connectivity index (χ1n) is 8.15.